The van der Waals surface area contributed by atoms with Gasteiger partial charge in [-0.2, -0.15) is 0 Å². The van der Waals surface area contributed by atoms with Crippen LogP contribution in [0.4, 0.5) is 21.0 Å². The van der Waals surface area contributed by atoms with Gasteiger partial charge in [-0.15, -0.1) is 0 Å². The standard InChI is InChI=1S/C52H67N7O9/c1-31(60)56-40(9-6-26-54-47(53)66)44(63)58-35-16-10-32(11-17-35)30-68-48(67)55-29-43(62)57-36-18-12-33-14-20-41-49(2,38(33)27-36)22-7-24-51(41,4)45(64)59-46(65)52(5)25-8-23-50(3)39-28-37(61)19-13-34(39)15-21-42(50)52/h10-13,16-19,27-28,40-42,61H,6-9,14-15,20-26,29-30H2,1-5H3,(H,55,67)(H,56,60)(H,57,62)(H,58,63)(H3,53,54,66)(H,59,64,65)/t40-,41+,42+,49+,50+,51-,52-/m0/s1. The molecule has 2 fully saturated rings. The zero-order chi connectivity index (χ0) is 49.0. The largest absolute Gasteiger partial charge is 0.508 e. The van der Waals surface area contributed by atoms with Crippen molar-refractivity contribution in [2.45, 2.75) is 135 Å². The number of hydrogen-bond acceptors (Lipinski definition) is 9. The number of nitrogens with one attached hydrogen (secondary N) is 6. The highest BCUT2D eigenvalue weighted by atomic mass is 16.5. The quantitative estimate of drug-likeness (QED) is 0.0648. The van der Waals surface area contributed by atoms with Gasteiger partial charge in [0.1, 0.15) is 24.9 Å². The van der Waals surface area contributed by atoms with Crippen LogP contribution in [0.2, 0.25) is 0 Å². The van der Waals surface area contributed by atoms with Crippen LogP contribution in [0.25, 0.3) is 0 Å². The Kier molecular flexibility index (Phi) is 14.6. The molecule has 0 spiro atoms. The number of aromatic hydroxyl groups is 1. The average Bonchev–Trinajstić information content (AvgIpc) is 3.29. The fourth-order valence-electron chi connectivity index (χ4n) is 12.4. The summed E-state index contributed by atoms with van der Waals surface area (Å²) in [4.78, 5) is 90.3. The van der Waals surface area contributed by atoms with Gasteiger partial charge in [-0.1, -0.05) is 64.8 Å². The molecule has 0 aliphatic heterocycles. The van der Waals surface area contributed by atoms with E-state index in [0.717, 1.165) is 68.1 Å². The molecule has 4 aliphatic rings. The van der Waals surface area contributed by atoms with Crippen molar-refractivity contribution in [1.82, 2.24) is 21.3 Å². The number of imide groups is 1. The number of amides is 8. The number of nitrogens with two attached hydrogens (primary N) is 1. The number of alkyl carbamates (subject to hydrolysis) is 1. The SMILES string of the molecule is CC(=O)N[C@@H](CCCNC(N)=O)C(=O)Nc1ccc(COC(=O)NCC(=O)Nc2ccc3c(c2)[C@@]2(C)CCC[C@](C)(C(=O)NC(=O)[C@@]4(C)CCC[C@]5(C)c6cc(O)ccc6CC[C@@H]45)[C@@H]2CC3)cc1. The van der Waals surface area contributed by atoms with Gasteiger partial charge in [0, 0.05) is 24.8 Å². The van der Waals surface area contributed by atoms with Crippen LogP contribution in [0.3, 0.4) is 0 Å². The lowest BCUT2D eigenvalue weighted by atomic mass is 9.49. The summed E-state index contributed by atoms with van der Waals surface area (Å²) in [6, 6.07) is 16.6. The molecule has 364 valence electrons. The molecule has 0 bridgehead atoms. The van der Waals surface area contributed by atoms with Crippen LogP contribution in [0.5, 0.6) is 5.75 Å². The molecule has 0 radical (unpaired) electrons. The van der Waals surface area contributed by atoms with E-state index in [1.807, 2.05) is 44.2 Å². The number of carbonyl (C=O) groups excluding carboxylic acids is 7. The zero-order valence-electron chi connectivity index (χ0n) is 39.9. The van der Waals surface area contributed by atoms with E-state index in [2.05, 4.69) is 45.7 Å². The lowest BCUT2D eigenvalue weighted by molar-refractivity contribution is -0.150. The molecular formula is C52H67N7O9. The van der Waals surface area contributed by atoms with Gasteiger partial charge in [-0.3, -0.25) is 29.3 Å². The van der Waals surface area contributed by atoms with Gasteiger partial charge in [0.2, 0.25) is 29.5 Å². The number of anilines is 2. The van der Waals surface area contributed by atoms with Crippen molar-refractivity contribution in [2.24, 2.45) is 28.4 Å². The molecular weight excluding hydrogens is 867 g/mol. The van der Waals surface area contributed by atoms with Gasteiger partial charge < -0.3 is 42.2 Å². The number of rotatable bonds is 14. The smallest absolute Gasteiger partial charge is 0.407 e. The number of phenolic OH excluding ortho intramolecular Hbond substituents is 1. The summed E-state index contributed by atoms with van der Waals surface area (Å²) >= 11 is 0. The molecule has 7 atom stereocenters. The fourth-order valence-corrected chi connectivity index (χ4v) is 12.4. The maximum absolute atomic E-state index is 14.6. The molecule has 68 heavy (non-hydrogen) atoms. The van der Waals surface area contributed by atoms with Crippen LogP contribution in [0.15, 0.2) is 60.7 Å². The molecule has 7 rings (SSSR count). The predicted octanol–water partition coefficient (Wildman–Crippen LogP) is 6.51. The highest BCUT2D eigenvalue weighted by Crippen LogP contribution is 2.60. The number of benzene rings is 3. The maximum Gasteiger partial charge on any atom is 0.407 e. The van der Waals surface area contributed by atoms with Crippen molar-refractivity contribution < 1.29 is 43.4 Å². The van der Waals surface area contributed by atoms with E-state index < -0.39 is 46.2 Å². The van der Waals surface area contributed by atoms with Crippen molar-refractivity contribution in [3.8, 4) is 5.75 Å². The van der Waals surface area contributed by atoms with Crippen LogP contribution in [0.1, 0.15) is 127 Å². The Bertz CT molecular complexity index is 2460. The van der Waals surface area contributed by atoms with Gasteiger partial charge >= 0.3 is 12.1 Å². The van der Waals surface area contributed by atoms with Crippen molar-refractivity contribution in [1.29, 1.82) is 0 Å². The van der Waals surface area contributed by atoms with E-state index in [9.17, 15) is 38.7 Å². The summed E-state index contributed by atoms with van der Waals surface area (Å²) in [5.41, 5.74) is 9.10. The monoisotopic (exact) mass is 934 g/mol. The molecule has 0 unspecified atom stereocenters. The highest BCUT2D eigenvalue weighted by molar-refractivity contribution is 6.01. The van der Waals surface area contributed by atoms with E-state index in [1.165, 1.54) is 12.5 Å². The fraction of sp³-hybridized carbons (Fsp3) is 0.519. The first kappa shape index (κ1) is 49.5. The third kappa shape index (κ3) is 10.3. The number of phenols is 1. The molecule has 4 aliphatic carbocycles. The first-order chi connectivity index (χ1) is 32.2. The number of fused-ring (bicyclic) bond motifs is 6. The lowest BCUT2D eigenvalue weighted by Gasteiger charge is -2.56. The third-order valence-electron chi connectivity index (χ3n) is 15.9. The summed E-state index contributed by atoms with van der Waals surface area (Å²) in [5, 5.41) is 26.6. The Morgan fingerprint density at radius 1 is 0.735 bits per heavy atom. The molecule has 9 N–H and O–H groups in total. The topological polar surface area (TPSA) is 247 Å². The van der Waals surface area contributed by atoms with Gasteiger partial charge in [0.05, 0.1) is 10.8 Å². The Morgan fingerprint density at radius 2 is 1.31 bits per heavy atom. The van der Waals surface area contributed by atoms with Crippen molar-refractivity contribution in [3.05, 3.63) is 88.5 Å². The molecule has 3 aromatic carbocycles. The molecule has 16 heteroatoms. The Labute approximate surface area is 398 Å². The summed E-state index contributed by atoms with van der Waals surface area (Å²) in [7, 11) is 0. The van der Waals surface area contributed by atoms with Gasteiger partial charge in [0.25, 0.3) is 0 Å². The van der Waals surface area contributed by atoms with Gasteiger partial charge in [-0.05, 0) is 151 Å². The van der Waals surface area contributed by atoms with Crippen molar-refractivity contribution >= 4 is 53.0 Å². The Morgan fingerprint density at radius 3 is 1.90 bits per heavy atom. The molecule has 0 aromatic heterocycles. The number of aryl methyl sites for hydroxylation is 2. The number of ether oxygens (including phenoxy) is 1. The van der Waals surface area contributed by atoms with Crippen LogP contribution in [0, 0.1) is 22.7 Å². The zero-order valence-corrected chi connectivity index (χ0v) is 39.9. The first-order valence-corrected chi connectivity index (χ1v) is 24.0. The van der Waals surface area contributed by atoms with E-state index >= 15 is 0 Å². The van der Waals surface area contributed by atoms with E-state index in [4.69, 9.17) is 10.5 Å². The molecule has 3 aromatic rings. The van der Waals surface area contributed by atoms with E-state index in [0.29, 0.717) is 36.2 Å². The number of carbonyl (C=O) groups is 7. The normalized spacial score (nSPS) is 26.1. The van der Waals surface area contributed by atoms with Gasteiger partial charge in [0.15, 0.2) is 0 Å². The molecule has 2 saturated carbocycles. The van der Waals surface area contributed by atoms with E-state index in [-0.39, 0.29) is 66.8 Å². The van der Waals surface area contributed by atoms with Crippen LogP contribution in [-0.4, -0.2) is 65.9 Å². The van der Waals surface area contributed by atoms with Gasteiger partial charge in [-0.25, -0.2) is 9.59 Å². The van der Waals surface area contributed by atoms with Crippen LogP contribution < -0.4 is 37.6 Å². The second kappa shape index (κ2) is 20.0. The Hall–Kier alpha value is -6.45. The second-order valence-electron chi connectivity index (χ2n) is 20.4. The maximum atomic E-state index is 14.6. The third-order valence-corrected chi connectivity index (χ3v) is 15.9. The summed E-state index contributed by atoms with van der Waals surface area (Å²) < 4.78 is 5.33. The van der Waals surface area contributed by atoms with Crippen LogP contribution >= 0.6 is 0 Å². The average molecular weight is 934 g/mol. The second-order valence-corrected chi connectivity index (χ2v) is 20.4. The minimum Gasteiger partial charge on any atom is -0.508 e. The molecule has 8 amide bonds. The van der Waals surface area contributed by atoms with Crippen molar-refractivity contribution in [3.63, 3.8) is 0 Å². The molecule has 0 heterocycles. The van der Waals surface area contributed by atoms with Crippen LogP contribution in [-0.2, 0) is 59.0 Å². The van der Waals surface area contributed by atoms with E-state index in [1.54, 1.807) is 30.3 Å². The van der Waals surface area contributed by atoms with Crippen molar-refractivity contribution in [2.75, 3.05) is 23.7 Å². The minimum absolute atomic E-state index is 0.0236. The molecule has 0 saturated heterocycles. The number of hydrogen-bond donors (Lipinski definition) is 8. The number of urea groups is 1. The highest BCUT2D eigenvalue weighted by Gasteiger charge is 2.58. The first-order valence-electron chi connectivity index (χ1n) is 24.0. The minimum atomic E-state index is -0.829. The predicted molar refractivity (Wildman–Crippen MR) is 256 cm³/mol. The summed E-state index contributed by atoms with van der Waals surface area (Å²) in [6.45, 7) is 9.60. The number of primary amides is 1. The Balaban J connectivity index is 0.916. The lowest BCUT2D eigenvalue weighted by Crippen LogP contribution is -2.60. The summed E-state index contributed by atoms with van der Waals surface area (Å²) in [5.74, 6) is -1.47. The summed E-state index contributed by atoms with van der Waals surface area (Å²) in [6.07, 6.45) is 7.89. The molecule has 16 nitrogen and oxygen atoms in total.